The second kappa shape index (κ2) is 5.61. The Balaban J connectivity index is 1.90. The molecule has 1 aliphatic carbocycles. The number of benzene rings is 1. The zero-order chi connectivity index (χ0) is 14.1. The van der Waals surface area contributed by atoms with Crippen LogP contribution in [0.15, 0.2) is 27.2 Å². The average Bonchev–Trinajstić information content (AvgIpc) is 3.06. The lowest BCUT2D eigenvalue weighted by molar-refractivity contribution is 0.326. The van der Waals surface area contributed by atoms with Gasteiger partial charge in [-0.15, -0.1) is 0 Å². The molecule has 0 saturated heterocycles. The van der Waals surface area contributed by atoms with Crippen molar-refractivity contribution in [2.24, 2.45) is 11.7 Å². The highest BCUT2D eigenvalue weighted by Gasteiger charge is 2.32. The highest BCUT2D eigenvalue weighted by Crippen LogP contribution is 2.38. The third kappa shape index (κ3) is 2.62. The van der Waals surface area contributed by atoms with Gasteiger partial charge in [0, 0.05) is 16.0 Å². The smallest absolute Gasteiger partial charge is 0.230 e. The molecule has 106 valence electrons. The maximum absolute atomic E-state index is 13.4. The molecule has 0 spiro atoms. The summed E-state index contributed by atoms with van der Waals surface area (Å²) in [7, 11) is 0. The molecule has 1 fully saturated rings. The fourth-order valence-electron chi connectivity index (χ4n) is 2.83. The van der Waals surface area contributed by atoms with E-state index in [1.165, 1.54) is 12.1 Å². The van der Waals surface area contributed by atoms with Crippen LogP contribution in [0.4, 0.5) is 4.39 Å². The average molecular weight is 340 g/mol. The summed E-state index contributed by atoms with van der Waals surface area (Å²) in [6.07, 6.45) is 3.26. The molecule has 0 aliphatic heterocycles. The molecule has 0 bridgehead atoms. The summed E-state index contributed by atoms with van der Waals surface area (Å²) >= 11 is 3.26. The molecule has 1 aromatic carbocycles. The number of aromatic nitrogens is 2. The molecular formula is C14H15BrFN3O. The minimum atomic E-state index is -0.332. The van der Waals surface area contributed by atoms with E-state index in [9.17, 15) is 4.39 Å². The summed E-state index contributed by atoms with van der Waals surface area (Å²) in [6.45, 7) is 0.633. The van der Waals surface area contributed by atoms with E-state index in [-0.39, 0.29) is 11.7 Å². The zero-order valence-electron chi connectivity index (χ0n) is 10.9. The van der Waals surface area contributed by atoms with Gasteiger partial charge in [-0.25, -0.2) is 4.39 Å². The molecule has 2 N–H and O–H groups in total. The molecule has 1 saturated carbocycles. The third-order valence-electron chi connectivity index (χ3n) is 3.84. The Hall–Kier alpha value is -1.27. The van der Waals surface area contributed by atoms with E-state index in [1.807, 2.05) is 0 Å². The van der Waals surface area contributed by atoms with Gasteiger partial charge in [0.2, 0.25) is 11.7 Å². The molecule has 4 nitrogen and oxygen atoms in total. The number of halogens is 2. The number of rotatable bonds is 3. The van der Waals surface area contributed by atoms with Crippen LogP contribution in [0.1, 0.15) is 31.1 Å². The van der Waals surface area contributed by atoms with Crippen LogP contribution in [0.5, 0.6) is 0 Å². The van der Waals surface area contributed by atoms with Gasteiger partial charge in [-0.2, -0.15) is 4.98 Å². The Kier molecular flexibility index (Phi) is 3.85. The van der Waals surface area contributed by atoms with E-state index in [0.29, 0.717) is 34.2 Å². The van der Waals surface area contributed by atoms with Crippen molar-refractivity contribution in [2.75, 3.05) is 6.54 Å². The predicted molar refractivity (Wildman–Crippen MR) is 76.5 cm³/mol. The first-order chi connectivity index (χ1) is 9.67. The fraction of sp³-hybridized carbons (Fsp3) is 0.429. The molecule has 2 unspecified atom stereocenters. The van der Waals surface area contributed by atoms with Gasteiger partial charge in [0.1, 0.15) is 5.82 Å². The van der Waals surface area contributed by atoms with E-state index < -0.39 is 0 Å². The molecule has 1 aliphatic rings. The maximum atomic E-state index is 13.4. The Morgan fingerprint density at radius 3 is 2.95 bits per heavy atom. The summed E-state index contributed by atoms with van der Waals surface area (Å²) in [6, 6.07) is 4.56. The monoisotopic (exact) mass is 339 g/mol. The lowest BCUT2D eigenvalue weighted by Gasteiger charge is -2.12. The van der Waals surface area contributed by atoms with Crippen LogP contribution in [0.25, 0.3) is 11.4 Å². The molecule has 1 heterocycles. The van der Waals surface area contributed by atoms with Gasteiger partial charge >= 0.3 is 0 Å². The van der Waals surface area contributed by atoms with Crippen molar-refractivity contribution < 1.29 is 8.91 Å². The SMILES string of the molecule is NCC1CCCC1c1nc(-c2cc(F)cc(Br)c2)no1. The van der Waals surface area contributed by atoms with Crippen molar-refractivity contribution in [1.82, 2.24) is 10.1 Å². The second-order valence-corrected chi connectivity index (χ2v) is 6.06. The minimum absolute atomic E-state index is 0.234. The van der Waals surface area contributed by atoms with E-state index in [1.54, 1.807) is 6.07 Å². The van der Waals surface area contributed by atoms with E-state index >= 15 is 0 Å². The Morgan fingerprint density at radius 2 is 2.20 bits per heavy atom. The second-order valence-electron chi connectivity index (χ2n) is 5.15. The maximum Gasteiger partial charge on any atom is 0.230 e. The van der Waals surface area contributed by atoms with Crippen LogP contribution < -0.4 is 5.73 Å². The number of hydrogen-bond acceptors (Lipinski definition) is 4. The minimum Gasteiger partial charge on any atom is -0.339 e. The first-order valence-electron chi connectivity index (χ1n) is 6.67. The largest absolute Gasteiger partial charge is 0.339 e. The highest BCUT2D eigenvalue weighted by molar-refractivity contribution is 9.10. The standard InChI is InChI=1S/C14H15BrFN3O/c15-10-4-9(5-11(16)6-10)13-18-14(20-19-13)12-3-1-2-8(12)7-17/h4-6,8,12H,1-3,7,17H2. The molecular weight excluding hydrogens is 325 g/mol. The molecule has 0 amide bonds. The lowest BCUT2D eigenvalue weighted by Crippen LogP contribution is -2.17. The van der Waals surface area contributed by atoms with Crippen molar-refractivity contribution in [2.45, 2.75) is 25.2 Å². The van der Waals surface area contributed by atoms with Gasteiger partial charge in [0.05, 0.1) is 0 Å². The van der Waals surface area contributed by atoms with Crippen molar-refractivity contribution >= 4 is 15.9 Å². The summed E-state index contributed by atoms with van der Waals surface area (Å²) in [5.74, 6) is 1.35. The third-order valence-corrected chi connectivity index (χ3v) is 4.30. The van der Waals surface area contributed by atoms with Crippen LogP contribution in [0, 0.1) is 11.7 Å². The molecule has 20 heavy (non-hydrogen) atoms. The van der Waals surface area contributed by atoms with E-state index in [0.717, 1.165) is 19.3 Å². The van der Waals surface area contributed by atoms with E-state index in [4.69, 9.17) is 10.3 Å². The Labute approximate surface area is 124 Å². The summed E-state index contributed by atoms with van der Waals surface area (Å²) < 4.78 is 19.4. The van der Waals surface area contributed by atoms with Crippen LogP contribution in [0.2, 0.25) is 0 Å². The van der Waals surface area contributed by atoms with Crippen molar-refractivity contribution in [3.8, 4) is 11.4 Å². The first-order valence-corrected chi connectivity index (χ1v) is 7.47. The fourth-order valence-corrected chi connectivity index (χ4v) is 3.30. The van der Waals surface area contributed by atoms with Gasteiger partial charge in [-0.3, -0.25) is 0 Å². The highest BCUT2D eigenvalue weighted by atomic mass is 79.9. The van der Waals surface area contributed by atoms with Crippen molar-refractivity contribution in [3.63, 3.8) is 0 Å². The quantitative estimate of drug-likeness (QED) is 0.929. The van der Waals surface area contributed by atoms with Gasteiger partial charge in [0.25, 0.3) is 0 Å². The first kappa shape index (κ1) is 13.7. The van der Waals surface area contributed by atoms with E-state index in [2.05, 4.69) is 26.1 Å². The summed E-state index contributed by atoms with van der Waals surface area (Å²) in [5.41, 5.74) is 6.38. The van der Waals surface area contributed by atoms with Crippen LogP contribution in [-0.2, 0) is 0 Å². The number of nitrogens with two attached hydrogens (primary N) is 1. The molecule has 2 atom stereocenters. The molecule has 6 heteroatoms. The van der Waals surface area contributed by atoms with Gasteiger partial charge in [0.15, 0.2) is 0 Å². The number of hydrogen-bond donors (Lipinski definition) is 1. The topological polar surface area (TPSA) is 64.9 Å². The predicted octanol–water partition coefficient (Wildman–Crippen LogP) is 3.48. The van der Waals surface area contributed by atoms with Crippen molar-refractivity contribution in [3.05, 3.63) is 34.4 Å². The summed E-state index contributed by atoms with van der Waals surface area (Å²) in [5, 5.41) is 3.97. The Bertz CT molecular complexity index is 596. The molecule has 3 rings (SSSR count). The lowest BCUT2D eigenvalue weighted by atomic mass is 9.96. The normalized spacial score (nSPS) is 22.4. The van der Waals surface area contributed by atoms with Crippen molar-refractivity contribution in [1.29, 1.82) is 0 Å². The molecule has 1 aromatic heterocycles. The van der Waals surface area contributed by atoms with Gasteiger partial charge < -0.3 is 10.3 Å². The summed E-state index contributed by atoms with van der Waals surface area (Å²) in [4.78, 5) is 4.42. The van der Waals surface area contributed by atoms with Gasteiger partial charge in [-0.1, -0.05) is 27.5 Å². The Morgan fingerprint density at radius 1 is 1.35 bits per heavy atom. The van der Waals surface area contributed by atoms with Crippen LogP contribution >= 0.6 is 15.9 Å². The van der Waals surface area contributed by atoms with Crippen LogP contribution in [0.3, 0.4) is 0 Å². The zero-order valence-corrected chi connectivity index (χ0v) is 12.4. The van der Waals surface area contributed by atoms with Gasteiger partial charge in [-0.05, 0) is 43.5 Å². The number of nitrogens with zero attached hydrogens (tertiary/aromatic N) is 2. The molecule has 0 radical (unpaired) electrons. The molecule has 2 aromatic rings. The van der Waals surface area contributed by atoms with Crippen LogP contribution in [-0.4, -0.2) is 16.7 Å².